The molecule has 0 fully saturated rings. The standard InChI is InChI=1S/C51H32N4O/c1-3-13-33(14-4-1)34-23-25-36(26-24-34)50-52-49(35-15-5-2-6-16-35)53-51(54-50)42-29-27-38(37-28-30-48-43(31-37)41-19-9-12-22-47(41)56-48)32-46(42)55-44-20-10-7-17-39(44)40-18-8-11-21-45(40)55/h1-32H/i7D,8D,10D,11D,17D,18D,20D,21D. The van der Waals surface area contributed by atoms with Gasteiger partial charge in [0, 0.05) is 38.2 Å². The summed E-state index contributed by atoms with van der Waals surface area (Å²) in [5.41, 5.74) is 7.18. The van der Waals surface area contributed by atoms with Crippen LogP contribution in [0.25, 0.3) is 106 Å². The van der Waals surface area contributed by atoms with Gasteiger partial charge >= 0.3 is 0 Å². The Morgan fingerprint density at radius 2 is 0.893 bits per heavy atom. The van der Waals surface area contributed by atoms with Crippen LogP contribution in [0.4, 0.5) is 0 Å². The smallest absolute Gasteiger partial charge is 0.166 e. The minimum atomic E-state index is -0.522. The van der Waals surface area contributed by atoms with Gasteiger partial charge in [0.15, 0.2) is 17.5 Å². The minimum Gasteiger partial charge on any atom is -0.456 e. The number of nitrogens with zero attached hydrogens (tertiary/aromatic N) is 4. The predicted molar refractivity (Wildman–Crippen MR) is 229 cm³/mol. The molecule has 0 bridgehead atoms. The lowest BCUT2D eigenvalue weighted by atomic mass is 9.99. The lowest BCUT2D eigenvalue weighted by molar-refractivity contribution is 0.669. The first-order valence-electron chi connectivity index (χ1n) is 22.1. The van der Waals surface area contributed by atoms with E-state index in [4.69, 9.17) is 27.6 Å². The fourth-order valence-electron chi connectivity index (χ4n) is 7.44. The van der Waals surface area contributed by atoms with Gasteiger partial charge in [-0.25, -0.2) is 15.0 Å². The number of hydrogen-bond acceptors (Lipinski definition) is 4. The van der Waals surface area contributed by atoms with Gasteiger partial charge in [0.25, 0.3) is 0 Å². The summed E-state index contributed by atoms with van der Waals surface area (Å²) in [6.07, 6.45) is 0. The van der Waals surface area contributed by atoms with Crippen LogP contribution in [0.5, 0.6) is 0 Å². The van der Waals surface area contributed by atoms with Crippen LogP contribution in [-0.2, 0) is 0 Å². The average Bonchev–Trinajstić information content (AvgIpc) is 3.91. The first kappa shape index (κ1) is 24.6. The molecule has 3 aromatic heterocycles. The molecule has 0 saturated heterocycles. The molecule has 56 heavy (non-hydrogen) atoms. The minimum absolute atomic E-state index is 0.0169. The fraction of sp³-hybridized carbons (Fsp3) is 0. The van der Waals surface area contributed by atoms with Crippen LogP contribution < -0.4 is 0 Å². The molecule has 8 aromatic carbocycles. The Balaban J connectivity index is 1.24. The van der Waals surface area contributed by atoms with Gasteiger partial charge < -0.3 is 8.98 Å². The van der Waals surface area contributed by atoms with E-state index in [0.717, 1.165) is 44.2 Å². The van der Waals surface area contributed by atoms with Crippen molar-refractivity contribution in [2.45, 2.75) is 0 Å². The zero-order chi connectivity index (χ0) is 44.0. The van der Waals surface area contributed by atoms with E-state index in [0.29, 0.717) is 34.0 Å². The lowest BCUT2D eigenvalue weighted by Crippen LogP contribution is -2.04. The van der Waals surface area contributed by atoms with E-state index in [2.05, 4.69) is 0 Å². The van der Waals surface area contributed by atoms with Crippen molar-refractivity contribution in [2.75, 3.05) is 0 Å². The molecule has 0 unspecified atom stereocenters. The highest BCUT2D eigenvalue weighted by Gasteiger charge is 2.21. The zero-order valence-electron chi connectivity index (χ0n) is 37.6. The molecule has 0 spiro atoms. The second-order valence-corrected chi connectivity index (χ2v) is 13.4. The van der Waals surface area contributed by atoms with Crippen LogP contribution in [0.1, 0.15) is 11.0 Å². The highest BCUT2D eigenvalue weighted by molar-refractivity contribution is 6.10. The molecule has 0 aliphatic rings. The van der Waals surface area contributed by atoms with Crippen molar-refractivity contribution >= 4 is 43.7 Å². The van der Waals surface area contributed by atoms with Gasteiger partial charge in [-0.1, -0.05) is 152 Å². The van der Waals surface area contributed by atoms with Gasteiger partial charge in [-0.15, -0.1) is 0 Å². The molecule has 5 heteroatoms. The largest absolute Gasteiger partial charge is 0.456 e. The monoisotopic (exact) mass is 724 g/mol. The number of furan rings is 1. The molecule has 3 heterocycles. The second-order valence-electron chi connectivity index (χ2n) is 13.4. The first-order chi connectivity index (χ1) is 31.1. The Kier molecular flexibility index (Phi) is 5.74. The molecular weight excluding hydrogens is 685 g/mol. The van der Waals surface area contributed by atoms with Crippen LogP contribution >= 0.6 is 0 Å². The van der Waals surface area contributed by atoms with E-state index in [1.807, 2.05) is 146 Å². The number of hydrogen-bond donors (Lipinski definition) is 0. The third-order valence-corrected chi connectivity index (χ3v) is 10.1. The van der Waals surface area contributed by atoms with E-state index in [-0.39, 0.29) is 27.6 Å². The molecular formula is C51H32N4O. The summed E-state index contributed by atoms with van der Waals surface area (Å²) < 4.78 is 79.5. The van der Waals surface area contributed by atoms with E-state index in [1.54, 1.807) is 0 Å². The van der Waals surface area contributed by atoms with E-state index < -0.39 is 48.3 Å². The molecule has 0 radical (unpaired) electrons. The average molecular weight is 725 g/mol. The Hall–Kier alpha value is -7.63. The molecule has 11 rings (SSSR count). The third-order valence-electron chi connectivity index (χ3n) is 10.1. The molecule has 0 atom stereocenters. The van der Waals surface area contributed by atoms with Crippen molar-refractivity contribution < 1.29 is 15.4 Å². The van der Waals surface area contributed by atoms with Crippen LogP contribution in [-0.4, -0.2) is 19.5 Å². The quantitative estimate of drug-likeness (QED) is 0.171. The van der Waals surface area contributed by atoms with Gasteiger partial charge in [-0.2, -0.15) is 0 Å². The number of benzene rings is 8. The van der Waals surface area contributed by atoms with Crippen molar-refractivity contribution in [1.29, 1.82) is 0 Å². The Labute approximate surface area is 334 Å². The summed E-state index contributed by atoms with van der Waals surface area (Å²) in [5, 5.41) is 1.77. The van der Waals surface area contributed by atoms with Crippen molar-refractivity contribution in [3.8, 4) is 62.1 Å². The van der Waals surface area contributed by atoms with E-state index >= 15 is 0 Å². The third kappa shape index (κ3) is 5.37. The Bertz CT molecular complexity index is 3630. The van der Waals surface area contributed by atoms with Crippen molar-refractivity contribution in [3.63, 3.8) is 0 Å². The first-order valence-corrected chi connectivity index (χ1v) is 18.1. The van der Waals surface area contributed by atoms with Gasteiger partial charge in [0.2, 0.25) is 0 Å². The summed E-state index contributed by atoms with van der Waals surface area (Å²) in [4.78, 5) is 15.1. The Morgan fingerprint density at radius 3 is 1.61 bits per heavy atom. The molecule has 0 saturated carbocycles. The van der Waals surface area contributed by atoms with Crippen molar-refractivity contribution in [2.24, 2.45) is 0 Å². The number of rotatable bonds is 6. The van der Waals surface area contributed by atoms with E-state index in [9.17, 15) is 2.74 Å². The summed E-state index contributed by atoms with van der Waals surface area (Å²) in [6.45, 7) is 0. The SMILES string of the molecule is [2H]c1c([2H])c([2H])c2c(c1[2H])c1c([2H])c([2H])c([2H])c([2H])c1n2-c1cc(-c2ccc3oc4ccccc4c3c2)ccc1-c1nc(-c2ccccc2)nc(-c2ccc(-c3ccccc3)cc2)n1. The summed E-state index contributed by atoms with van der Waals surface area (Å²) in [7, 11) is 0. The van der Waals surface area contributed by atoms with Gasteiger partial charge in [0.1, 0.15) is 11.2 Å². The number of aromatic nitrogens is 4. The number of para-hydroxylation sites is 3. The van der Waals surface area contributed by atoms with Crippen LogP contribution in [0.2, 0.25) is 0 Å². The molecule has 0 amide bonds. The topological polar surface area (TPSA) is 56.7 Å². The molecule has 0 aliphatic heterocycles. The Morgan fingerprint density at radius 1 is 0.393 bits per heavy atom. The van der Waals surface area contributed by atoms with Crippen molar-refractivity contribution in [1.82, 2.24) is 19.5 Å². The second kappa shape index (κ2) is 13.0. The molecule has 0 N–H and O–H groups in total. The maximum Gasteiger partial charge on any atom is 0.166 e. The summed E-state index contributed by atoms with van der Waals surface area (Å²) in [5.74, 6) is 0.985. The van der Waals surface area contributed by atoms with Crippen LogP contribution in [0.15, 0.2) is 198 Å². The predicted octanol–water partition coefficient (Wildman–Crippen LogP) is 13.2. The lowest BCUT2D eigenvalue weighted by Gasteiger charge is -2.16. The molecule has 0 aliphatic carbocycles. The van der Waals surface area contributed by atoms with Crippen molar-refractivity contribution in [3.05, 3.63) is 194 Å². The normalized spacial score (nSPS) is 13.6. The van der Waals surface area contributed by atoms with Crippen LogP contribution in [0.3, 0.4) is 0 Å². The van der Waals surface area contributed by atoms with Gasteiger partial charge in [0.05, 0.1) is 27.7 Å². The summed E-state index contributed by atoms with van der Waals surface area (Å²) in [6, 6.07) is 43.0. The van der Waals surface area contributed by atoms with Crippen LogP contribution in [0, 0.1) is 0 Å². The maximum absolute atomic E-state index is 9.33. The number of fused-ring (bicyclic) bond motifs is 6. The highest BCUT2D eigenvalue weighted by Crippen LogP contribution is 2.39. The molecule has 11 aromatic rings. The van der Waals surface area contributed by atoms with E-state index in [1.165, 1.54) is 4.57 Å². The fourth-order valence-corrected chi connectivity index (χ4v) is 7.44. The molecule has 5 nitrogen and oxygen atoms in total. The molecule has 262 valence electrons. The van der Waals surface area contributed by atoms with Gasteiger partial charge in [-0.3, -0.25) is 0 Å². The summed E-state index contributed by atoms with van der Waals surface area (Å²) >= 11 is 0. The zero-order valence-corrected chi connectivity index (χ0v) is 29.6. The maximum atomic E-state index is 9.33. The highest BCUT2D eigenvalue weighted by atomic mass is 16.3. The van der Waals surface area contributed by atoms with Gasteiger partial charge in [-0.05, 0) is 64.7 Å².